The van der Waals surface area contributed by atoms with Crippen LogP contribution in [-0.2, 0) is 21.2 Å². The number of alkyl halides is 3. The van der Waals surface area contributed by atoms with Crippen molar-refractivity contribution in [3.05, 3.63) is 35.1 Å². The molecule has 27 heavy (non-hydrogen) atoms. The predicted molar refractivity (Wildman–Crippen MR) is 88.4 cm³/mol. The summed E-state index contributed by atoms with van der Waals surface area (Å²) in [6, 6.07) is 2.53. The van der Waals surface area contributed by atoms with Crippen LogP contribution in [0.2, 0.25) is 0 Å². The minimum absolute atomic E-state index is 0.158. The van der Waals surface area contributed by atoms with Crippen LogP contribution in [0.4, 0.5) is 17.6 Å². The molecule has 0 spiro atoms. The fraction of sp³-hybridized carbons (Fsp3) is 0.579. The van der Waals surface area contributed by atoms with Crippen LogP contribution >= 0.6 is 0 Å². The van der Waals surface area contributed by atoms with Crippen molar-refractivity contribution in [1.29, 1.82) is 0 Å². The van der Waals surface area contributed by atoms with Crippen molar-refractivity contribution < 1.29 is 32.3 Å². The average molecular weight is 387 g/mol. The number of hydrogen-bond acceptors (Lipinski definition) is 2. The summed E-state index contributed by atoms with van der Waals surface area (Å²) in [5.74, 6) is -2.70. The van der Waals surface area contributed by atoms with Crippen molar-refractivity contribution in [3.63, 3.8) is 0 Å². The summed E-state index contributed by atoms with van der Waals surface area (Å²) in [6.07, 6.45) is -1.62. The highest BCUT2D eigenvalue weighted by molar-refractivity contribution is 5.79. The second-order valence-corrected chi connectivity index (χ2v) is 7.61. The highest BCUT2D eigenvalue weighted by Crippen LogP contribution is 2.49. The molecule has 148 valence electrons. The Balaban J connectivity index is 1.62. The number of carboxylic acid groups (broad SMARTS) is 1. The predicted octanol–water partition coefficient (Wildman–Crippen LogP) is 3.88. The van der Waals surface area contributed by atoms with E-state index in [1.807, 2.05) is 0 Å². The number of hydrogen-bond donors (Lipinski definition) is 2. The Morgan fingerprint density at radius 2 is 1.67 bits per heavy atom. The normalized spacial score (nSPS) is 24.3. The monoisotopic (exact) mass is 387 g/mol. The van der Waals surface area contributed by atoms with E-state index in [2.05, 4.69) is 5.32 Å². The van der Waals surface area contributed by atoms with Crippen LogP contribution in [0.3, 0.4) is 0 Å². The van der Waals surface area contributed by atoms with Gasteiger partial charge in [0, 0.05) is 17.9 Å². The number of carbonyl (C=O) groups excluding carboxylic acids is 1. The Morgan fingerprint density at radius 1 is 1.07 bits per heavy atom. The average Bonchev–Trinajstić information content (AvgIpc) is 3.40. The zero-order valence-corrected chi connectivity index (χ0v) is 14.6. The lowest BCUT2D eigenvalue weighted by atomic mass is 9.81. The quantitative estimate of drug-likeness (QED) is 0.754. The van der Waals surface area contributed by atoms with Gasteiger partial charge >= 0.3 is 12.1 Å². The maximum Gasteiger partial charge on any atom is 0.416 e. The van der Waals surface area contributed by atoms with Gasteiger partial charge in [-0.1, -0.05) is 0 Å². The number of benzene rings is 1. The second kappa shape index (κ2) is 7.13. The fourth-order valence-corrected chi connectivity index (χ4v) is 3.78. The van der Waals surface area contributed by atoms with E-state index in [1.165, 1.54) is 0 Å². The van der Waals surface area contributed by atoms with Crippen LogP contribution in [0.1, 0.15) is 49.7 Å². The van der Waals surface area contributed by atoms with Gasteiger partial charge in [0.15, 0.2) is 0 Å². The van der Waals surface area contributed by atoms with Crippen LogP contribution in [0, 0.1) is 17.7 Å². The van der Waals surface area contributed by atoms with Gasteiger partial charge < -0.3 is 10.4 Å². The fourth-order valence-electron chi connectivity index (χ4n) is 3.78. The standard InChI is InChI=1S/C19H21F4NO3/c20-15-8-13(7-14(9-15)19(21,22)23)18(5-6-18)10-24-16(25)11-1-3-12(4-2-11)17(26)27/h7-9,11-12H,1-6,10H2,(H,24,25)(H,26,27). The van der Waals surface area contributed by atoms with Gasteiger partial charge in [-0.2, -0.15) is 13.2 Å². The van der Waals surface area contributed by atoms with E-state index < -0.39 is 34.9 Å². The van der Waals surface area contributed by atoms with Gasteiger partial charge in [0.05, 0.1) is 11.5 Å². The Hall–Kier alpha value is -2.12. The minimum atomic E-state index is -4.63. The van der Waals surface area contributed by atoms with Crippen LogP contribution < -0.4 is 5.32 Å². The number of halogens is 4. The molecular weight excluding hydrogens is 366 g/mol. The van der Waals surface area contributed by atoms with Crippen LogP contribution in [0.25, 0.3) is 0 Å². The van der Waals surface area contributed by atoms with Crippen molar-refractivity contribution in [2.75, 3.05) is 6.54 Å². The van der Waals surface area contributed by atoms with E-state index in [4.69, 9.17) is 5.11 Å². The molecule has 0 saturated heterocycles. The minimum Gasteiger partial charge on any atom is -0.481 e. The molecule has 8 heteroatoms. The third-order valence-electron chi connectivity index (χ3n) is 5.74. The van der Waals surface area contributed by atoms with E-state index in [0.29, 0.717) is 44.6 Å². The van der Waals surface area contributed by atoms with Gasteiger partial charge in [-0.25, -0.2) is 4.39 Å². The van der Waals surface area contributed by atoms with Crippen molar-refractivity contribution >= 4 is 11.9 Å². The summed E-state index contributed by atoms with van der Waals surface area (Å²) in [5, 5.41) is 11.8. The van der Waals surface area contributed by atoms with Crippen molar-refractivity contribution in [3.8, 4) is 0 Å². The number of amides is 1. The SMILES string of the molecule is O=C(O)C1CCC(C(=O)NCC2(c3cc(F)cc(C(F)(F)F)c3)CC2)CC1. The Labute approximate surface area is 153 Å². The molecule has 1 aromatic carbocycles. The summed E-state index contributed by atoms with van der Waals surface area (Å²) in [4.78, 5) is 23.3. The molecule has 2 aliphatic carbocycles. The smallest absolute Gasteiger partial charge is 0.416 e. The Bertz CT molecular complexity index is 735. The highest BCUT2D eigenvalue weighted by atomic mass is 19.4. The van der Waals surface area contributed by atoms with E-state index in [1.54, 1.807) is 0 Å². The van der Waals surface area contributed by atoms with E-state index >= 15 is 0 Å². The summed E-state index contributed by atoms with van der Waals surface area (Å²) >= 11 is 0. The Morgan fingerprint density at radius 3 is 2.19 bits per heavy atom. The molecule has 0 heterocycles. The molecule has 0 unspecified atom stereocenters. The molecule has 2 N–H and O–H groups in total. The lowest BCUT2D eigenvalue weighted by Crippen LogP contribution is -2.38. The first kappa shape index (κ1) is 19.6. The summed E-state index contributed by atoms with van der Waals surface area (Å²) < 4.78 is 52.4. The number of carbonyl (C=O) groups is 2. The third-order valence-corrected chi connectivity index (χ3v) is 5.74. The van der Waals surface area contributed by atoms with Crippen molar-refractivity contribution in [1.82, 2.24) is 5.32 Å². The van der Waals surface area contributed by atoms with Gasteiger partial charge in [-0.3, -0.25) is 9.59 Å². The zero-order valence-electron chi connectivity index (χ0n) is 14.6. The first-order valence-electron chi connectivity index (χ1n) is 8.99. The third kappa shape index (κ3) is 4.42. The zero-order chi connectivity index (χ0) is 19.8. The maximum absolute atomic E-state index is 13.7. The molecule has 0 radical (unpaired) electrons. The molecule has 2 fully saturated rings. The van der Waals surface area contributed by atoms with Gasteiger partial charge in [0.1, 0.15) is 5.82 Å². The van der Waals surface area contributed by atoms with Crippen LogP contribution in [0.15, 0.2) is 18.2 Å². The van der Waals surface area contributed by atoms with Crippen molar-refractivity contribution in [2.24, 2.45) is 11.8 Å². The van der Waals surface area contributed by atoms with Crippen molar-refractivity contribution in [2.45, 2.75) is 50.1 Å². The largest absolute Gasteiger partial charge is 0.481 e. The van der Waals surface area contributed by atoms with Gasteiger partial charge in [0.2, 0.25) is 5.91 Å². The first-order valence-corrected chi connectivity index (χ1v) is 8.99. The Kier molecular flexibility index (Phi) is 5.18. The molecule has 0 aromatic heterocycles. The lowest BCUT2D eigenvalue weighted by Gasteiger charge is -2.26. The number of carboxylic acids is 1. The molecule has 2 aliphatic rings. The summed E-state index contributed by atoms with van der Waals surface area (Å²) in [5.41, 5.74) is -1.43. The van der Waals surface area contributed by atoms with Crippen LogP contribution in [0.5, 0.6) is 0 Å². The molecule has 0 atom stereocenters. The summed E-state index contributed by atoms with van der Waals surface area (Å²) in [6.45, 7) is 0.158. The molecule has 1 amide bonds. The molecule has 0 bridgehead atoms. The molecule has 0 aliphatic heterocycles. The number of nitrogens with one attached hydrogen (secondary N) is 1. The maximum atomic E-state index is 13.7. The molecular formula is C19H21F4NO3. The molecule has 3 rings (SSSR count). The first-order chi connectivity index (χ1) is 12.6. The molecule has 2 saturated carbocycles. The van der Waals surface area contributed by atoms with Crippen LogP contribution in [-0.4, -0.2) is 23.5 Å². The van der Waals surface area contributed by atoms with E-state index in [9.17, 15) is 27.2 Å². The summed E-state index contributed by atoms with van der Waals surface area (Å²) in [7, 11) is 0. The molecule has 4 nitrogen and oxygen atoms in total. The lowest BCUT2D eigenvalue weighted by molar-refractivity contribution is -0.144. The second-order valence-electron chi connectivity index (χ2n) is 7.61. The van der Waals surface area contributed by atoms with E-state index in [-0.39, 0.29) is 23.9 Å². The number of aliphatic carboxylic acids is 1. The number of rotatable bonds is 5. The topological polar surface area (TPSA) is 66.4 Å². The van der Waals surface area contributed by atoms with Gasteiger partial charge in [-0.05, 0) is 62.3 Å². The highest BCUT2D eigenvalue weighted by Gasteiger charge is 2.46. The van der Waals surface area contributed by atoms with E-state index in [0.717, 1.165) is 12.1 Å². The van der Waals surface area contributed by atoms with Gasteiger partial charge in [-0.15, -0.1) is 0 Å². The van der Waals surface area contributed by atoms with Gasteiger partial charge in [0.25, 0.3) is 0 Å². The molecule has 1 aromatic rings.